The van der Waals surface area contributed by atoms with E-state index >= 15 is 0 Å². The molecule has 2 heterocycles. The summed E-state index contributed by atoms with van der Waals surface area (Å²) in [7, 11) is 0. The first-order chi connectivity index (χ1) is 7.66. The van der Waals surface area contributed by atoms with E-state index in [0.29, 0.717) is 16.7 Å². The number of nitrogens with one attached hydrogen (secondary N) is 2. The maximum Gasteiger partial charge on any atom is 0.280 e. The number of hydrogen-bond acceptors (Lipinski definition) is 4. The zero-order valence-corrected chi connectivity index (χ0v) is 11.9. The van der Waals surface area contributed by atoms with Crippen molar-refractivity contribution in [3.05, 3.63) is 41.8 Å². The number of thiophene rings is 1. The highest BCUT2D eigenvalue weighted by Crippen LogP contribution is 2.22. The van der Waals surface area contributed by atoms with Crippen LogP contribution in [0.1, 0.15) is 4.88 Å². The fraction of sp³-hybridized carbons (Fsp3) is 0.111. The van der Waals surface area contributed by atoms with Crippen LogP contribution in [0.3, 0.4) is 0 Å². The average molecular weight is 365 g/mol. The number of aromatic amines is 1. The van der Waals surface area contributed by atoms with Gasteiger partial charge in [0.1, 0.15) is 4.47 Å². The van der Waals surface area contributed by atoms with Crippen LogP contribution in [0.25, 0.3) is 0 Å². The summed E-state index contributed by atoms with van der Waals surface area (Å²) in [5.74, 6) is 0. The van der Waals surface area contributed by atoms with Crippen LogP contribution < -0.4 is 10.9 Å². The van der Waals surface area contributed by atoms with Crippen molar-refractivity contribution in [2.24, 2.45) is 0 Å². The molecule has 0 spiro atoms. The molecule has 0 aliphatic carbocycles. The third-order valence-corrected chi connectivity index (χ3v) is 4.36. The Morgan fingerprint density at radius 1 is 1.50 bits per heavy atom. The van der Waals surface area contributed by atoms with Crippen LogP contribution in [0.5, 0.6) is 0 Å². The Kier molecular flexibility index (Phi) is 3.78. The van der Waals surface area contributed by atoms with Crippen molar-refractivity contribution < 1.29 is 0 Å². The highest BCUT2D eigenvalue weighted by atomic mass is 79.9. The van der Waals surface area contributed by atoms with Gasteiger partial charge < -0.3 is 5.32 Å². The number of hydrogen-bond donors (Lipinski definition) is 2. The van der Waals surface area contributed by atoms with Crippen molar-refractivity contribution in [1.29, 1.82) is 0 Å². The lowest BCUT2D eigenvalue weighted by Gasteiger charge is -2.04. The second-order valence-electron chi connectivity index (χ2n) is 3.01. The lowest BCUT2D eigenvalue weighted by Crippen LogP contribution is -2.11. The maximum atomic E-state index is 11.2. The molecule has 0 saturated carbocycles. The summed E-state index contributed by atoms with van der Waals surface area (Å²) in [6, 6.07) is 2.03. The molecule has 0 unspecified atom stereocenters. The van der Waals surface area contributed by atoms with Gasteiger partial charge in [-0.3, -0.25) is 4.79 Å². The first kappa shape index (κ1) is 11.8. The second kappa shape index (κ2) is 5.11. The van der Waals surface area contributed by atoms with Crippen LogP contribution in [-0.4, -0.2) is 10.2 Å². The van der Waals surface area contributed by atoms with Gasteiger partial charge in [-0.05, 0) is 37.9 Å². The molecule has 2 aromatic heterocycles. The van der Waals surface area contributed by atoms with E-state index in [1.165, 1.54) is 4.88 Å². The minimum Gasteiger partial charge on any atom is -0.378 e. The van der Waals surface area contributed by atoms with Crippen molar-refractivity contribution in [3.63, 3.8) is 0 Å². The minimum atomic E-state index is -0.239. The Labute approximate surface area is 112 Å². The van der Waals surface area contributed by atoms with E-state index < -0.39 is 0 Å². The number of H-pyrrole nitrogens is 1. The largest absolute Gasteiger partial charge is 0.378 e. The van der Waals surface area contributed by atoms with Crippen molar-refractivity contribution in [2.75, 3.05) is 5.32 Å². The fourth-order valence-corrected chi connectivity index (χ4v) is 2.86. The summed E-state index contributed by atoms with van der Waals surface area (Å²) < 4.78 is 1.54. The second-order valence-corrected chi connectivity index (χ2v) is 5.72. The van der Waals surface area contributed by atoms with E-state index in [1.807, 2.05) is 11.4 Å². The molecule has 0 saturated heterocycles. The number of aromatic nitrogens is 2. The predicted molar refractivity (Wildman–Crippen MR) is 71.9 cm³/mol. The number of nitrogens with zero attached hydrogens (tertiary/aromatic N) is 1. The standard InChI is InChI=1S/C9H7Br2N3OS/c10-5-1-6(16-4-5)2-12-7-3-13-14-9(15)8(7)11/h1,3-4H,2H2,(H2,12,14,15). The third kappa shape index (κ3) is 2.72. The molecule has 7 heteroatoms. The Morgan fingerprint density at radius 2 is 2.31 bits per heavy atom. The van der Waals surface area contributed by atoms with Crippen LogP contribution in [0.4, 0.5) is 5.69 Å². The third-order valence-electron chi connectivity index (χ3n) is 1.87. The van der Waals surface area contributed by atoms with Gasteiger partial charge in [-0.1, -0.05) is 0 Å². The lowest BCUT2D eigenvalue weighted by molar-refractivity contribution is 0.973. The van der Waals surface area contributed by atoms with Gasteiger partial charge >= 0.3 is 0 Å². The van der Waals surface area contributed by atoms with Gasteiger partial charge in [0.05, 0.1) is 11.9 Å². The van der Waals surface area contributed by atoms with Crippen molar-refractivity contribution in [1.82, 2.24) is 10.2 Å². The number of halogens is 2. The lowest BCUT2D eigenvalue weighted by atomic mass is 10.4. The number of anilines is 1. The molecule has 0 bridgehead atoms. The molecule has 0 radical (unpaired) electrons. The minimum absolute atomic E-state index is 0.239. The van der Waals surface area contributed by atoms with Gasteiger partial charge in [-0.25, -0.2) is 5.10 Å². The summed E-state index contributed by atoms with van der Waals surface area (Å²) >= 11 is 8.25. The first-order valence-electron chi connectivity index (χ1n) is 4.37. The van der Waals surface area contributed by atoms with E-state index in [2.05, 4.69) is 47.4 Å². The van der Waals surface area contributed by atoms with E-state index in [4.69, 9.17) is 0 Å². The van der Waals surface area contributed by atoms with Crippen LogP contribution in [-0.2, 0) is 6.54 Å². The summed E-state index contributed by atoms with van der Waals surface area (Å²) in [6.07, 6.45) is 1.58. The quantitative estimate of drug-likeness (QED) is 0.880. The fourth-order valence-electron chi connectivity index (χ4n) is 1.14. The summed E-state index contributed by atoms with van der Waals surface area (Å²) in [6.45, 7) is 0.667. The summed E-state index contributed by atoms with van der Waals surface area (Å²) in [4.78, 5) is 12.4. The Bertz CT molecular complexity index is 552. The van der Waals surface area contributed by atoms with E-state index in [1.54, 1.807) is 17.5 Å². The van der Waals surface area contributed by atoms with Gasteiger partial charge in [0.15, 0.2) is 0 Å². The molecule has 0 fully saturated rings. The van der Waals surface area contributed by atoms with Crippen LogP contribution in [0.2, 0.25) is 0 Å². The highest BCUT2D eigenvalue weighted by Gasteiger charge is 2.04. The normalized spacial score (nSPS) is 10.4. The SMILES string of the molecule is O=c1[nH]ncc(NCc2cc(Br)cs2)c1Br. The highest BCUT2D eigenvalue weighted by molar-refractivity contribution is 9.10. The topological polar surface area (TPSA) is 57.8 Å². The first-order valence-corrected chi connectivity index (χ1v) is 6.83. The van der Waals surface area contributed by atoms with Crippen LogP contribution >= 0.6 is 43.2 Å². The monoisotopic (exact) mass is 363 g/mol. The molecule has 0 aliphatic heterocycles. The zero-order valence-electron chi connectivity index (χ0n) is 7.96. The van der Waals surface area contributed by atoms with Crippen molar-refractivity contribution >= 4 is 48.9 Å². The molecule has 0 aliphatic rings. The van der Waals surface area contributed by atoms with Crippen molar-refractivity contribution in [3.8, 4) is 0 Å². The Hall–Kier alpha value is -0.660. The van der Waals surface area contributed by atoms with Gasteiger partial charge in [0, 0.05) is 21.3 Å². The molecular formula is C9H7Br2N3OS. The van der Waals surface area contributed by atoms with Gasteiger partial charge in [-0.15, -0.1) is 11.3 Å². The molecule has 4 nitrogen and oxygen atoms in total. The average Bonchev–Trinajstić information content (AvgIpc) is 2.67. The molecule has 0 aromatic carbocycles. The molecule has 84 valence electrons. The Balaban J connectivity index is 2.10. The molecular weight excluding hydrogens is 358 g/mol. The van der Waals surface area contributed by atoms with Gasteiger partial charge in [-0.2, -0.15) is 5.10 Å². The van der Waals surface area contributed by atoms with Gasteiger partial charge in [0.2, 0.25) is 0 Å². The summed E-state index contributed by atoms with van der Waals surface area (Å²) in [5.41, 5.74) is 0.450. The zero-order chi connectivity index (χ0) is 11.5. The van der Waals surface area contributed by atoms with Crippen LogP contribution in [0.15, 0.2) is 31.4 Å². The molecule has 0 atom stereocenters. The van der Waals surface area contributed by atoms with Gasteiger partial charge in [0.25, 0.3) is 5.56 Å². The van der Waals surface area contributed by atoms with Crippen molar-refractivity contribution in [2.45, 2.75) is 6.54 Å². The Morgan fingerprint density at radius 3 is 3.00 bits per heavy atom. The predicted octanol–water partition coefficient (Wildman–Crippen LogP) is 2.97. The molecule has 0 amide bonds. The smallest absolute Gasteiger partial charge is 0.280 e. The molecule has 2 N–H and O–H groups in total. The van der Waals surface area contributed by atoms with Crippen LogP contribution in [0, 0.1) is 0 Å². The summed E-state index contributed by atoms with van der Waals surface area (Å²) in [5, 5.41) is 11.2. The van der Waals surface area contributed by atoms with E-state index in [9.17, 15) is 4.79 Å². The maximum absolute atomic E-state index is 11.2. The molecule has 16 heavy (non-hydrogen) atoms. The van der Waals surface area contributed by atoms with E-state index in [-0.39, 0.29) is 5.56 Å². The van der Waals surface area contributed by atoms with E-state index in [0.717, 1.165) is 4.47 Å². The molecule has 2 aromatic rings. The number of rotatable bonds is 3. The molecule has 2 rings (SSSR count).